The first-order valence-electron chi connectivity index (χ1n) is 9.99. The van der Waals surface area contributed by atoms with E-state index < -0.39 is 0 Å². The molecule has 8 heteroatoms. The predicted molar refractivity (Wildman–Crippen MR) is 125 cm³/mol. The van der Waals surface area contributed by atoms with Gasteiger partial charge in [0.05, 0.1) is 18.7 Å². The second-order valence-corrected chi connectivity index (χ2v) is 7.63. The molecule has 1 heterocycles. The lowest BCUT2D eigenvalue weighted by Crippen LogP contribution is -2.07. The number of carbonyl (C=O) groups is 1. The predicted octanol–water partition coefficient (Wildman–Crippen LogP) is 5.62. The van der Waals surface area contributed by atoms with Gasteiger partial charge in [-0.15, -0.1) is 0 Å². The van der Waals surface area contributed by atoms with Crippen molar-refractivity contribution in [1.29, 1.82) is 0 Å². The molecular weight excluding hydrogens is 430 g/mol. The minimum absolute atomic E-state index is 0.252. The Morgan fingerprint density at radius 1 is 1.16 bits per heavy atom. The molecule has 0 atom stereocenters. The maximum atomic E-state index is 12.3. The average Bonchev–Trinajstić information content (AvgIpc) is 2.78. The van der Waals surface area contributed by atoms with Crippen LogP contribution in [0.4, 0.5) is 5.69 Å². The fraction of sp³-hybridized carbons (Fsp3) is 0.208. The summed E-state index contributed by atoms with van der Waals surface area (Å²) in [6.45, 7) is 4.62. The number of hydrogen-bond donors (Lipinski definition) is 1. The van der Waals surface area contributed by atoms with Gasteiger partial charge >= 0.3 is 6.01 Å². The quantitative estimate of drug-likeness (QED) is 0.423. The summed E-state index contributed by atoms with van der Waals surface area (Å²) in [7, 11) is 1.55. The van der Waals surface area contributed by atoms with E-state index in [9.17, 15) is 4.79 Å². The fourth-order valence-corrected chi connectivity index (χ4v) is 2.91. The van der Waals surface area contributed by atoms with E-state index in [0.29, 0.717) is 46.0 Å². The number of carbonyl (C=O) groups excluding carboxylic acids is 1. The van der Waals surface area contributed by atoms with Gasteiger partial charge in [0.25, 0.3) is 0 Å². The first kappa shape index (κ1) is 23.1. The lowest BCUT2D eigenvalue weighted by atomic mass is 10.1. The van der Waals surface area contributed by atoms with Crippen LogP contribution in [0, 0.1) is 5.92 Å². The van der Waals surface area contributed by atoms with Crippen LogP contribution in [0.3, 0.4) is 0 Å². The summed E-state index contributed by atoms with van der Waals surface area (Å²) < 4.78 is 16.7. The molecule has 0 bridgehead atoms. The fourth-order valence-electron chi connectivity index (χ4n) is 2.63. The van der Waals surface area contributed by atoms with Gasteiger partial charge in [-0.2, -0.15) is 0 Å². The normalized spacial score (nSPS) is 10.9. The molecule has 0 saturated heterocycles. The summed E-state index contributed by atoms with van der Waals surface area (Å²) in [6.07, 6.45) is 6.26. The summed E-state index contributed by atoms with van der Waals surface area (Å²) >= 11 is 6.35. The van der Waals surface area contributed by atoms with Crippen molar-refractivity contribution in [1.82, 2.24) is 9.97 Å². The molecule has 0 fully saturated rings. The monoisotopic (exact) mass is 453 g/mol. The minimum atomic E-state index is -0.291. The van der Waals surface area contributed by atoms with Crippen LogP contribution in [0.25, 0.3) is 6.08 Å². The smallest absolute Gasteiger partial charge is 0.321 e. The SMILES string of the molecule is COc1cc(C=CC(=O)Nc2ccc(Oc3ncccn3)cc2)cc(Cl)c1OCC(C)C. The van der Waals surface area contributed by atoms with E-state index in [1.807, 2.05) is 13.8 Å². The zero-order chi connectivity index (χ0) is 22.9. The highest BCUT2D eigenvalue weighted by molar-refractivity contribution is 6.32. The van der Waals surface area contributed by atoms with Crippen LogP contribution in [-0.2, 0) is 4.79 Å². The highest BCUT2D eigenvalue weighted by atomic mass is 35.5. The molecule has 3 aromatic rings. The average molecular weight is 454 g/mol. The zero-order valence-corrected chi connectivity index (χ0v) is 18.8. The zero-order valence-electron chi connectivity index (χ0n) is 18.0. The van der Waals surface area contributed by atoms with Crippen molar-refractivity contribution < 1.29 is 19.0 Å². The summed E-state index contributed by atoms with van der Waals surface area (Å²) in [5.74, 6) is 1.63. The van der Waals surface area contributed by atoms with Gasteiger partial charge in [0.1, 0.15) is 5.75 Å². The molecular formula is C24H24ClN3O4. The number of anilines is 1. The van der Waals surface area contributed by atoms with Crippen molar-refractivity contribution in [2.75, 3.05) is 19.0 Å². The molecule has 1 N–H and O–H groups in total. The number of rotatable bonds is 9. The van der Waals surface area contributed by atoms with Gasteiger partial charge in [-0.05, 0) is 60.0 Å². The standard InChI is InChI=1S/C24H24ClN3O4/c1-16(2)15-31-23-20(25)13-17(14-21(23)30-3)5-10-22(29)28-18-6-8-19(9-7-18)32-24-26-11-4-12-27-24/h4-14,16H,15H2,1-3H3,(H,28,29). The van der Waals surface area contributed by atoms with Crippen molar-refractivity contribution >= 4 is 29.3 Å². The lowest BCUT2D eigenvalue weighted by Gasteiger charge is -2.14. The maximum Gasteiger partial charge on any atom is 0.321 e. The molecule has 0 unspecified atom stereocenters. The number of ether oxygens (including phenoxy) is 3. The summed E-state index contributed by atoms with van der Waals surface area (Å²) in [4.78, 5) is 20.3. The Morgan fingerprint density at radius 3 is 2.53 bits per heavy atom. The molecule has 0 saturated carbocycles. The second-order valence-electron chi connectivity index (χ2n) is 7.22. The van der Waals surface area contributed by atoms with Crippen LogP contribution in [-0.4, -0.2) is 29.6 Å². The van der Waals surface area contributed by atoms with Crippen molar-refractivity contribution in [2.24, 2.45) is 5.92 Å². The minimum Gasteiger partial charge on any atom is -0.493 e. The number of nitrogens with zero attached hydrogens (tertiary/aromatic N) is 2. The van der Waals surface area contributed by atoms with Crippen molar-refractivity contribution in [3.8, 4) is 23.3 Å². The van der Waals surface area contributed by atoms with E-state index in [-0.39, 0.29) is 11.9 Å². The molecule has 0 radical (unpaired) electrons. The third-order valence-corrected chi connectivity index (χ3v) is 4.39. The molecule has 0 aliphatic heterocycles. The third-order valence-electron chi connectivity index (χ3n) is 4.11. The van der Waals surface area contributed by atoms with Gasteiger partial charge in [-0.1, -0.05) is 25.4 Å². The third kappa shape index (κ3) is 6.72. The number of nitrogens with one attached hydrogen (secondary N) is 1. The van der Waals surface area contributed by atoms with Gasteiger partial charge in [-0.25, -0.2) is 9.97 Å². The molecule has 1 amide bonds. The van der Waals surface area contributed by atoms with Crippen molar-refractivity contribution in [3.63, 3.8) is 0 Å². The van der Waals surface area contributed by atoms with E-state index in [0.717, 1.165) is 0 Å². The number of methoxy groups -OCH3 is 1. The molecule has 0 aliphatic carbocycles. The Balaban J connectivity index is 1.61. The van der Waals surface area contributed by atoms with Crippen molar-refractivity contribution in [2.45, 2.75) is 13.8 Å². The van der Waals surface area contributed by atoms with E-state index in [1.165, 1.54) is 6.08 Å². The van der Waals surface area contributed by atoms with Crippen molar-refractivity contribution in [3.05, 3.63) is 71.5 Å². The number of benzene rings is 2. The molecule has 0 spiro atoms. The second kappa shape index (κ2) is 11.2. The highest BCUT2D eigenvalue weighted by Gasteiger charge is 2.12. The number of hydrogen-bond acceptors (Lipinski definition) is 6. The molecule has 7 nitrogen and oxygen atoms in total. The largest absolute Gasteiger partial charge is 0.493 e. The molecule has 3 rings (SSSR count). The van der Waals surface area contributed by atoms with E-state index >= 15 is 0 Å². The molecule has 32 heavy (non-hydrogen) atoms. The van der Waals surface area contributed by atoms with E-state index in [2.05, 4.69) is 15.3 Å². The highest BCUT2D eigenvalue weighted by Crippen LogP contribution is 2.37. The van der Waals surface area contributed by atoms with Gasteiger partial charge in [-0.3, -0.25) is 4.79 Å². The van der Waals surface area contributed by atoms with Crippen LogP contribution in [0.1, 0.15) is 19.4 Å². The number of amides is 1. The van der Waals surface area contributed by atoms with Gasteiger partial charge < -0.3 is 19.5 Å². The molecule has 2 aromatic carbocycles. The first-order chi connectivity index (χ1) is 15.4. The first-order valence-corrected chi connectivity index (χ1v) is 10.4. The van der Waals surface area contributed by atoms with Crippen LogP contribution in [0.2, 0.25) is 5.02 Å². The topological polar surface area (TPSA) is 82.6 Å². The Morgan fingerprint density at radius 2 is 1.88 bits per heavy atom. The Hall–Kier alpha value is -3.58. The van der Waals surface area contributed by atoms with E-state index in [4.69, 9.17) is 25.8 Å². The Kier molecular flexibility index (Phi) is 8.05. The van der Waals surface area contributed by atoms with Crippen LogP contribution in [0.5, 0.6) is 23.3 Å². The number of halogens is 1. The summed E-state index contributed by atoms with van der Waals surface area (Å²) in [5.41, 5.74) is 1.33. The van der Waals surface area contributed by atoms with Crippen LogP contribution >= 0.6 is 11.6 Å². The van der Waals surface area contributed by atoms with E-state index in [1.54, 1.807) is 68.0 Å². The van der Waals surface area contributed by atoms with Crippen LogP contribution in [0.15, 0.2) is 60.9 Å². The molecule has 1 aromatic heterocycles. The summed E-state index contributed by atoms with van der Waals surface area (Å²) in [5, 5.41) is 3.21. The summed E-state index contributed by atoms with van der Waals surface area (Å²) in [6, 6.07) is 12.3. The number of aromatic nitrogens is 2. The Labute approximate surface area is 192 Å². The molecule has 0 aliphatic rings. The maximum absolute atomic E-state index is 12.3. The molecule has 166 valence electrons. The Bertz CT molecular complexity index is 1070. The van der Waals surface area contributed by atoms with Gasteiger partial charge in [0.2, 0.25) is 5.91 Å². The lowest BCUT2D eigenvalue weighted by molar-refractivity contribution is -0.111. The van der Waals surface area contributed by atoms with Gasteiger partial charge in [0.15, 0.2) is 11.5 Å². The van der Waals surface area contributed by atoms with Gasteiger partial charge in [0, 0.05) is 24.2 Å². The van der Waals surface area contributed by atoms with Crippen LogP contribution < -0.4 is 19.5 Å².